The van der Waals surface area contributed by atoms with Gasteiger partial charge in [0.2, 0.25) is 5.91 Å². The van der Waals surface area contributed by atoms with Crippen LogP contribution in [0.2, 0.25) is 0 Å². The van der Waals surface area contributed by atoms with E-state index in [9.17, 15) is 19.2 Å². The molecule has 0 radical (unpaired) electrons. The van der Waals surface area contributed by atoms with Crippen LogP contribution >= 0.6 is 0 Å². The number of amides is 3. The molecule has 21 heavy (non-hydrogen) atoms. The Morgan fingerprint density at radius 2 is 1.81 bits per heavy atom. The van der Waals surface area contributed by atoms with Crippen molar-refractivity contribution in [2.45, 2.75) is 26.3 Å². The molecular weight excluding hydrogens is 278 g/mol. The van der Waals surface area contributed by atoms with Gasteiger partial charge in [-0.15, -0.1) is 0 Å². The van der Waals surface area contributed by atoms with Crippen molar-refractivity contribution >= 4 is 23.7 Å². The molecule has 1 aliphatic rings. The number of esters is 1. The first-order chi connectivity index (χ1) is 9.90. The highest BCUT2D eigenvalue weighted by atomic mass is 16.5. The van der Waals surface area contributed by atoms with Crippen molar-refractivity contribution in [1.29, 1.82) is 0 Å². The van der Waals surface area contributed by atoms with Crippen LogP contribution in [0.25, 0.3) is 0 Å². The van der Waals surface area contributed by atoms with Gasteiger partial charge in [0.25, 0.3) is 0 Å². The standard InChI is InChI=1S/C13H21N3O5/c1-4-5-15-6-7-16(12(19)11(15)18)8-10(13(20)21-3)14-9(2)17/h10H,4-8H2,1-3H3,(H,14,17). The van der Waals surface area contributed by atoms with Crippen LogP contribution in [0, 0.1) is 0 Å². The highest BCUT2D eigenvalue weighted by molar-refractivity contribution is 6.35. The van der Waals surface area contributed by atoms with Gasteiger partial charge in [0.05, 0.1) is 13.7 Å². The van der Waals surface area contributed by atoms with E-state index in [4.69, 9.17) is 0 Å². The maximum atomic E-state index is 12.0. The zero-order valence-corrected chi connectivity index (χ0v) is 12.5. The van der Waals surface area contributed by atoms with Gasteiger partial charge in [-0.3, -0.25) is 14.4 Å². The minimum Gasteiger partial charge on any atom is -0.467 e. The predicted molar refractivity (Wildman–Crippen MR) is 73.1 cm³/mol. The van der Waals surface area contributed by atoms with Crippen molar-refractivity contribution in [2.75, 3.05) is 33.3 Å². The van der Waals surface area contributed by atoms with Gasteiger partial charge in [-0.1, -0.05) is 6.92 Å². The Bertz CT molecular complexity index is 438. The molecule has 0 spiro atoms. The van der Waals surface area contributed by atoms with Gasteiger partial charge in [-0.2, -0.15) is 0 Å². The van der Waals surface area contributed by atoms with E-state index in [2.05, 4.69) is 10.1 Å². The Balaban J connectivity index is 2.72. The fourth-order valence-corrected chi connectivity index (χ4v) is 2.16. The summed E-state index contributed by atoms with van der Waals surface area (Å²) < 4.78 is 4.59. The first-order valence-electron chi connectivity index (χ1n) is 6.83. The van der Waals surface area contributed by atoms with Crippen molar-refractivity contribution in [1.82, 2.24) is 15.1 Å². The minimum absolute atomic E-state index is 0.0726. The largest absolute Gasteiger partial charge is 0.467 e. The first-order valence-corrected chi connectivity index (χ1v) is 6.83. The Hall–Kier alpha value is -2.12. The lowest BCUT2D eigenvalue weighted by Crippen LogP contribution is -2.58. The van der Waals surface area contributed by atoms with Gasteiger partial charge >= 0.3 is 17.8 Å². The number of carbonyl (C=O) groups excluding carboxylic acids is 4. The molecule has 1 N–H and O–H groups in total. The number of methoxy groups -OCH3 is 1. The number of nitrogens with one attached hydrogen (secondary N) is 1. The fourth-order valence-electron chi connectivity index (χ4n) is 2.16. The van der Waals surface area contributed by atoms with Crippen LogP contribution in [0.4, 0.5) is 0 Å². The SMILES string of the molecule is CCCN1CCN(CC(NC(C)=O)C(=O)OC)C(=O)C1=O. The van der Waals surface area contributed by atoms with E-state index in [1.807, 2.05) is 6.92 Å². The summed E-state index contributed by atoms with van der Waals surface area (Å²) in [4.78, 5) is 49.4. The lowest BCUT2D eigenvalue weighted by molar-refractivity contribution is -0.157. The lowest BCUT2D eigenvalue weighted by Gasteiger charge is -2.35. The molecule has 118 valence electrons. The van der Waals surface area contributed by atoms with Gasteiger partial charge in [-0.25, -0.2) is 4.79 Å². The molecule has 1 saturated heterocycles. The fraction of sp³-hybridized carbons (Fsp3) is 0.692. The molecule has 3 amide bonds. The molecule has 1 fully saturated rings. The molecule has 0 aromatic carbocycles. The Morgan fingerprint density at radius 1 is 1.24 bits per heavy atom. The van der Waals surface area contributed by atoms with E-state index in [1.54, 1.807) is 0 Å². The molecule has 0 aromatic heterocycles. The van der Waals surface area contributed by atoms with E-state index in [0.717, 1.165) is 6.42 Å². The maximum Gasteiger partial charge on any atom is 0.330 e. The molecule has 1 rings (SSSR count). The second-order valence-corrected chi connectivity index (χ2v) is 4.82. The Morgan fingerprint density at radius 3 is 2.33 bits per heavy atom. The van der Waals surface area contributed by atoms with E-state index in [-0.39, 0.29) is 6.54 Å². The van der Waals surface area contributed by atoms with E-state index < -0.39 is 29.7 Å². The number of rotatable bonds is 6. The lowest BCUT2D eigenvalue weighted by atomic mass is 10.2. The molecule has 8 nitrogen and oxygen atoms in total. The summed E-state index contributed by atoms with van der Waals surface area (Å²) >= 11 is 0. The summed E-state index contributed by atoms with van der Waals surface area (Å²) in [7, 11) is 1.20. The molecule has 8 heteroatoms. The summed E-state index contributed by atoms with van der Waals surface area (Å²) in [5.41, 5.74) is 0. The van der Waals surface area contributed by atoms with Crippen LogP contribution < -0.4 is 5.32 Å². The third-order valence-electron chi connectivity index (χ3n) is 3.16. The quantitative estimate of drug-likeness (QED) is 0.488. The molecule has 0 aromatic rings. The van der Waals surface area contributed by atoms with Crippen molar-refractivity contribution in [3.05, 3.63) is 0 Å². The van der Waals surface area contributed by atoms with Gasteiger partial charge in [-0.05, 0) is 6.42 Å². The zero-order chi connectivity index (χ0) is 16.0. The van der Waals surface area contributed by atoms with Crippen LogP contribution in [0.5, 0.6) is 0 Å². The highest BCUT2D eigenvalue weighted by Crippen LogP contribution is 2.07. The molecule has 1 heterocycles. The number of ether oxygens (including phenoxy) is 1. The number of nitrogens with zero attached hydrogens (tertiary/aromatic N) is 2. The second kappa shape index (κ2) is 7.61. The number of piperazine rings is 1. The smallest absolute Gasteiger partial charge is 0.330 e. The van der Waals surface area contributed by atoms with Gasteiger partial charge in [0, 0.05) is 26.6 Å². The minimum atomic E-state index is -0.970. The van der Waals surface area contributed by atoms with E-state index in [1.165, 1.54) is 23.8 Å². The summed E-state index contributed by atoms with van der Waals surface area (Å²) in [6, 6.07) is -0.970. The second-order valence-electron chi connectivity index (χ2n) is 4.82. The average molecular weight is 299 g/mol. The maximum absolute atomic E-state index is 12.0. The van der Waals surface area contributed by atoms with Crippen LogP contribution in [0.15, 0.2) is 0 Å². The van der Waals surface area contributed by atoms with Crippen molar-refractivity contribution in [2.24, 2.45) is 0 Å². The molecular formula is C13H21N3O5. The Labute approximate surface area is 123 Å². The first kappa shape index (κ1) is 16.9. The summed E-state index contributed by atoms with van der Waals surface area (Å²) in [5, 5.41) is 2.42. The molecule has 0 saturated carbocycles. The monoisotopic (exact) mass is 299 g/mol. The van der Waals surface area contributed by atoms with Gasteiger partial charge < -0.3 is 19.9 Å². The summed E-state index contributed by atoms with van der Waals surface area (Å²) in [5.74, 6) is -2.29. The van der Waals surface area contributed by atoms with Gasteiger partial charge in [0.1, 0.15) is 6.04 Å². The average Bonchev–Trinajstić information content (AvgIpc) is 2.44. The third-order valence-corrected chi connectivity index (χ3v) is 3.16. The molecule has 1 aliphatic heterocycles. The normalized spacial score (nSPS) is 16.7. The highest BCUT2D eigenvalue weighted by Gasteiger charge is 2.35. The third kappa shape index (κ3) is 4.44. The van der Waals surface area contributed by atoms with Crippen molar-refractivity contribution in [3.63, 3.8) is 0 Å². The summed E-state index contributed by atoms with van der Waals surface area (Å²) in [6.07, 6.45) is 0.774. The van der Waals surface area contributed by atoms with Gasteiger partial charge in [0.15, 0.2) is 0 Å². The van der Waals surface area contributed by atoms with Crippen LogP contribution in [0.1, 0.15) is 20.3 Å². The Kier molecular flexibility index (Phi) is 6.13. The topological polar surface area (TPSA) is 96.0 Å². The molecule has 0 bridgehead atoms. The summed E-state index contributed by atoms with van der Waals surface area (Å²) in [6.45, 7) is 4.40. The molecule has 1 atom stereocenters. The zero-order valence-electron chi connectivity index (χ0n) is 12.5. The number of hydrogen-bond acceptors (Lipinski definition) is 5. The van der Waals surface area contributed by atoms with E-state index >= 15 is 0 Å². The molecule has 0 aliphatic carbocycles. The van der Waals surface area contributed by atoms with Crippen LogP contribution in [0.3, 0.4) is 0 Å². The van der Waals surface area contributed by atoms with Crippen LogP contribution in [-0.4, -0.2) is 72.8 Å². The molecule has 1 unspecified atom stereocenters. The van der Waals surface area contributed by atoms with Crippen molar-refractivity contribution in [3.8, 4) is 0 Å². The van der Waals surface area contributed by atoms with Crippen LogP contribution in [-0.2, 0) is 23.9 Å². The predicted octanol–water partition coefficient (Wildman–Crippen LogP) is -1.26. The van der Waals surface area contributed by atoms with E-state index in [0.29, 0.717) is 19.6 Å². The number of hydrogen-bond donors (Lipinski definition) is 1. The number of carbonyl (C=O) groups is 4. The van der Waals surface area contributed by atoms with Crippen molar-refractivity contribution < 1.29 is 23.9 Å².